The van der Waals surface area contributed by atoms with Crippen LogP contribution in [0.2, 0.25) is 0 Å². The number of imide groups is 1. The lowest BCUT2D eigenvalue weighted by atomic mass is 9.85. The highest BCUT2D eigenvalue weighted by molar-refractivity contribution is 5.97. The minimum atomic E-state index is -0.762. The molecule has 2 amide bonds. The van der Waals surface area contributed by atoms with Crippen LogP contribution in [0.1, 0.15) is 61.4 Å². The Balaban J connectivity index is 0.000000281. The maximum atomic E-state index is 11.9. The van der Waals surface area contributed by atoms with Gasteiger partial charge in [0.15, 0.2) is 6.29 Å². The van der Waals surface area contributed by atoms with Crippen LogP contribution in [0.25, 0.3) is 0 Å². The van der Waals surface area contributed by atoms with Gasteiger partial charge >= 0.3 is 0 Å². The lowest BCUT2D eigenvalue weighted by Crippen LogP contribution is -2.58. The van der Waals surface area contributed by atoms with Gasteiger partial charge in [-0.05, 0) is 76.4 Å². The first kappa shape index (κ1) is 40.4. The smallest absolute Gasteiger partial charge is 0.226 e. The lowest BCUT2D eigenvalue weighted by molar-refractivity contribution is -0.132. The lowest BCUT2D eigenvalue weighted by Gasteiger charge is -2.46. The summed E-state index contributed by atoms with van der Waals surface area (Å²) in [6, 6.07) is 6.29. The van der Waals surface area contributed by atoms with Crippen LogP contribution in [0.5, 0.6) is 5.75 Å². The van der Waals surface area contributed by atoms with E-state index in [0.29, 0.717) is 57.5 Å². The topological polar surface area (TPSA) is 158 Å². The molecule has 7 rings (SSSR count). The van der Waals surface area contributed by atoms with Crippen LogP contribution in [-0.4, -0.2) is 142 Å². The third kappa shape index (κ3) is 11.6. The molecule has 4 saturated heterocycles. The van der Waals surface area contributed by atoms with Gasteiger partial charge in [0.05, 0.1) is 23.9 Å². The van der Waals surface area contributed by atoms with E-state index in [4.69, 9.17) is 15.2 Å². The molecule has 0 bridgehead atoms. The standard InChI is InChI=1S/C28H38N6O3.C5H13FN2.C5H7NO2/c1-31(2)16-22-12-25-26(13-23(22)18-35)36-20-24-17-32(10-11-34(24)25)15-21-14-28(37-19-21)4-8-33(9-5-28)27-29-6-3-7-30-27;1-5(6)4-8-3-2-7;7-4-2-1-3-5(8)6-4/h3,6-7,12-13,18,21,24H,4-5,8-11,14-17,19-20H2,1-2H3;5,8H,2-4,7H2,1H3;1-3H2,(H,6,7,8). The van der Waals surface area contributed by atoms with Crippen molar-refractivity contribution >= 4 is 29.7 Å². The largest absolute Gasteiger partial charge is 0.489 e. The van der Waals surface area contributed by atoms with Crippen molar-refractivity contribution in [3.05, 3.63) is 41.7 Å². The SMILES string of the molecule is CC(F)CNCCN.CN(C)Cc1cc2c(cc1C=O)OCC1CN(CC3COC4(CCN(c5ncccn5)CC4)C3)CCN21.O=C1CCCC(=O)N1. The van der Waals surface area contributed by atoms with Gasteiger partial charge in [-0.1, -0.05) is 0 Å². The number of nitrogens with zero attached hydrogens (tertiary/aromatic N) is 6. The molecule has 0 saturated carbocycles. The third-order valence-electron chi connectivity index (χ3n) is 10.3. The molecule has 15 heteroatoms. The number of alkyl halides is 1. The number of halogens is 1. The number of benzene rings is 1. The molecule has 14 nitrogen and oxygen atoms in total. The number of piperazine rings is 1. The van der Waals surface area contributed by atoms with E-state index in [9.17, 15) is 18.8 Å². The molecule has 1 aromatic carbocycles. The van der Waals surface area contributed by atoms with Crippen LogP contribution in [-0.2, 0) is 20.9 Å². The van der Waals surface area contributed by atoms with E-state index < -0.39 is 6.17 Å². The first-order chi connectivity index (χ1) is 25.6. The Bertz CT molecular complexity index is 1480. The molecule has 3 atom stereocenters. The van der Waals surface area contributed by atoms with E-state index in [2.05, 4.69) is 46.3 Å². The number of piperidine rings is 2. The van der Waals surface area contributed by atoms with Crippen molar-refractivity contribution in [1.82, 2.24) is 30.4 Å². The third-order valence-corrected chi connectivity index (χ3v) is 10.3. The van der Waals surface area contributed by atoms with Crippen molar-refractivity contribution in [3.63, 3.8) is 0 Å². The van der Waals surface area contributed by atoms with Crippen LogP contribution >= 0.6 is 0 Å². The average molecular weight is 740 g/mol. The quantitative estimate of drug-likeness (QED) is 0.185. The first-order valence-corrected chi connectivity index (χ1v) is 19.0. The predicted octanol–water partition coefficient (Wildman–Crippen LogP) is 2.02. The zero-order valence-electron chi connectivity index (χ0n) is 31.6. The summed E-state index contributed by atoms with van der Waals surface area (Å²) >= 11 is 0. The number of nitrogens with one attached hydrogen (secondary N) is 2. The van der Waals surface area contributed by atoms with Gasteiger partial charge in [0.2, 0.25) is 17.8 Å². The highest BCUT2D eigenvalue weighted by Crippen LogP contribution is 2.41. The number of aromatic nitrogens is 2. The number of carbonyl (C=O) groups is 3. The summed E-state index contributed by atoms with van der Waals surface area (Å²) < 4.78 is 24.6. The van der Waals surface area contributed by atoms with Crippen LogP contribution in [0, 0.1) is 5.92 Å². The molecule has 53 heavy (non-hydrogen) atoms. The van der Waals surface area contributed by atoms with Crippen LogP contribution in [0.15, 0.2) is 30.6 Å². The number of carbonyl (C=O) groups excluding carboxylic acids is 3. The molecular weight excluding hydrogens is 681 g/mol. The van der Waals surface area contributed by atoms with Crippen molar-refractivity contribution in [2.24, 2.45) is 11.7 Å². The molecule has 0 radical (unpaired) electrons. The van der Waals surface area contributed by atoms with Crippen molar-refractivity contribution in [2.45, 2.75) is 69.8 Å². The van der Waals surface area contributed by atoms with Crippen molar-refractivity contribution in [2.75, 3.05) is 96.0 Å². The normalized spacial score (nSPS) is 22.8. The van der Waals surface area contributed by atoms with Gasteiger partial charge < -0.3 is 35.2 Å². The number of aldehydes is 1. The van der Waals surface area contributed by atoms with Gasteiger partial charge in [0.25, 0.3) is 0 Å². The summed E-state index contributed by atoms with van der Waals surface area (Å²) in [5.41, 5.74) is 8.07. The Morgan fingerprint density at radius 1 is 1.11 bits per heavy atom. The monoisotopic (exact) mass is 739 g/mol. The first-order valence-electron chi connectivity index (χ1n) is 19.0. The van der Waals surface area contributed by atoms with Gasteiger partial charge in [-0.3, -0.25) is 24.6 Å². The Morgan fingerprint density at radius 2 is 1.85 bits per heavy atom. The van der Waals surface area contributed by atoms with E-state index >= 15 is 0 Å². The Labute approximate surface area is 312 Å². The number of ether oxygens (including phenoxy) is 2. The minimum absolute atomic E-state index is 0.0176. The Hall–Kier alpha value is -3.76. The molecule has 292 valence electrons. The summed E-state index contributed by atoms with van der Waals surface area (Å²) in [6.07, 6.45) is 8.77. The highest BCUT2D eigenvalue weighted by atomic mass is 19.1. The Morgan fingerprint density at radius 3 is 2.47 bits per heavy atom. The van der Waals surface area contributed by atoms with E-state index in [1.165, 1.54) is 6.92 Å². The fourth-order valence-corrected chi connectivity index (χ4v) is 7.72. The van der Waals surface area contributed by atoms with Crippen LogP contribution in [0.4, 0.5) is 16.0 Å². The van der Waals surface area contributed by atoms with E-state index in [1.54, 1.807) is 0 Å². The molecule has 5 aliphatic rings. The molecule has 1 spiro atoms. The van der Waals surface area contributed by atoms with Gasteiger partial charge in [-0.2, -0.15) is 0 Å². The second-order valence-electron chi connectivity index (χ2n) is 15.0. The maximum Gasteiger partial charge on any atom is 0.226 e. The molecule has 6 heterocycles. The molecule has 4 N–H and O–H groups in total. The zero-order valence-corrected chi connectivity index (χ0v) is 31.6. The number of hydrogen-bond acceptors (Lipinski definition) is 13. The van der Waals surface area contributed by atoms with Crippen LogP contribution < -0.4 is 30.9 Å². The highest BCUT2D eigenvalue weighted by Gasteiger charge is 2.44. The minimum Gasteiger partial charge on any atom is -0.489 e. The number of amides is 2. The molecule has 2 aromatic rings. The molecule has 5 aliphatic heterocycles. The average Bonchev–Trinajstić information content (AvgIpc) is 3.53. The molecular formula is C38H58FN9O5. The number of fused-ring (bicyclic) bond motifs is 3. The van der Waals surface area contributed by atoms with Gasteiger partial charge in [0, 0.05) is 96.2 Å². The molecule has 4 fully saturated rings. The summed E-state index contributed by atoms with van der Waals surface area (Å²) in [7, 11) is 4.06. The fourth-order valence-electron chi connectivity index (χ4n) is 7.72. The number of nitrogens with two attached hydrogens (primary N) is 1. The van der Waals surface area contributed by atoms with E-state index in [0.717, 1.165) is 106 Å². The van der Waals surface area contributed by atoms with E-state index in [1.807, 2.05) is 38.6 Å². The number of rotatable bonds is 10. The van der Waals surface area contributed by atoms with Crippen molar-refractivity contribution in [3.8, 4) is 5.75 Å². The number of hydrogen-bond donors (Lipinski definition) is 3. The van der Waals surface area contributed by atoms with Gasteiger partial charge in [-0.25, -0.2) is 14.4 Å². The zero-order chi connectivity index (χ0) is 37.8. The van der Waals surface area contributed by atoms with Gasteiger partial charge in [0.1, 0.15) is 18.5 Å². The Kier molecular flexibility index (Phi) is 14.9. The maximum absolute atomic E-state index is 11.9. The molecule has 0 aliphatic carbocycles. The summed E-state index contributed by atoms with van der Waals surface area (Å²) in [4.78, 5) is 50.7. The molecule has 3 unspecified atom stereocenters. The molecule has 1 aromatic heterocycles. The summed E-state index contributed by atoms with van der Waals surface area (Å²) in [5, 5.41) is 5.04. The summed E-state index contributed by atoms with van der Waals surface area (Å²) in [6.45, 7) is 11.5. The number of anilines is 2. The van der Waals surface area contributed by atoms with Gasteiger partial charge in [-0.15, -0.1) is 0 Å². The van der Waals surface area contributed by atoms with Crippen molar-refractivity contribution in [1.29, 1.82) is 0 Å². The van der Waals surface area contributed by atoms with E-state index in [-0.39, 0.29) is 17.4 Å². The van der Waals surface area contributed by atoms with Crippen LogP contribution in [0.3, 0.4) is 0 Å². The second-order valence-corrected chi connectivity index (χ2v) is 15.0. The fraction of sp³-hybridized carbons (Fsp3) is 0.658. The van der Waals surface area contributed by atoms with Crippen molar-refractivity contribution < 1.29 is 28.2 Å². The second kappa shape index (κ2) is 19.5. The predicted molar refractivity (Wildman–Crippen MR) is 202 cm³/mol. The summed E-state index contributed by atoms with van der Waals surface area (Å²) in [5.74, 6) is 1.97.